The molecule has 0 rings (SSSR count). The third-order valence-corrected chi connectivity index (χ3v) is 0.489. The first-order valence-corrected chi connectivity index (χ1v) is 2.73. The summed E-state index contributed by atoms with van der Waals surface area (Å²) in [5.74, 6) is -1.20. The zero-order chi connectivity index (χ0) is 5.21. The molecule has 0 saturated carbocycles. The van der Waals surface area contributed by atoms with Crippen molar-refractivity contribution in [1.29, 1.82) is 0 Å². The van der Waals surface area contributed by atoms with Gasteiger partial charge in [-0.05, 0) is 0 Å². The average Bonchev–Trinajstić information content (AvgIpc) is 1.35. The number of aliphatic hydroxyl groups excluding tert-OH is 1. The molecule has 0 atom stereocenters. The molecule has 0 aliphatic carbocycles. The van der Waals surface area contributed by atoms with Gasteiger partial charge in [-0.2, -0.15) is 8.42 Å². The van der Waals surface area contributed by atoms with Crippen LogP contribution in [0, 0.1) is 0 Å². The van der Waals surface area contributed by atoms with Crippen LogP contribution in [0.25, 0.3) is 0 Å². The largest absolute Gasteiger partial charge is 0.378 e. The molecule has 0 aromatic heterocycles. The predicted molar refractivity (Wildman–Crippen MR) is 24.4 cm³/mol. The third-order valence-electron chi connectivity index (χ3n) is 0.163. The van der Waals surface area contributed by atoms with Gasteiger partial charge in [-0.1, -0.05) is 0 Å². The Morgan fingerprint density at radius 1 is 1.43 bits per heavy atom. The van der Waals surface area contributed by atoms with Crippen LogP contribution in [0.1, 0.15) is 0 Å². The summed E-state index contributed by atoms with van der Waals surface area (Å²) in [6.07, 6.45) is 0. The minimum atomic E-state index is -4.11. The molecule has 0 saturated heterocycles. The minimum absolute atomic E-state index is 0. The molecule has 0 heterocycles. The van der Waals surface area contributed by atoms with Crippen LogP contribution in [0.5, 0.6) is 0 Å². The van der Waals surface area contributed by atoms with Crippen molar-refractivity contribution in [2.45, 2.75) is 0 Å². The van der Waals surface area contributed by atoms with E-state index in [2.05, 4.69) is 0 Å². The molecular formula is CH4O4SSn. The van der Waals surface area contributed by atoms with Crippen molar-refractivity contribution in [3.05, 3.63) is 0 Å². The fourth-order valence-electron chi connectivity index (χ4n) is 0. The van der Waals surface area contributed by atoms with E-state index in [9.17, 15) is 8.42 Å². The fourth-order valence-corrected chi connectivity index (χ4v) is 0. The standard InChI is InChI=1S/CH4O4S.Sn/c2-1-6(3,4)5;/h2H,1H2,(H,3,4,5);. The minimum Gasteiger partial charge on any atom is -0.378 e. The zero-order valence-electron chi connectivity index (χ0n) is 3.33. The van der Waals surface area contributed by atoms with Crippen LogP contribution >= 0.6 is 0 Å². The summed E-state index contributed by atoms with van der Waals surface area (Å²) in [6.45, 7) is 0. The van der Waals surface area contributed by atoms with Crippen LogP contribution in [0.3, 0.4) is 0 Å². The van der Waals surface area contributed by atoms with Gasteiger partial charge in [0.25, 0.3) is 10.1 Å². The molecule has 0 bridgehead atoms. The van der Waals surface area contributed by atoms with Crippen molar-refractivity contribution in [2.75, 3.05) is 5.94 Å². The summed E-state index contributed by atoms with van der Waals surface area (Å²) in [6, 6.07) is 0. The number of aliphatic hydroxyl groups is 1. The van der Waals surface area contributed by atoms with E-state index in [4.69, 9.17) is 9.66 Å². The zero-order valence-corrected chi connectivity index (χ0v) is 7.00. The van der Waals surface area contributed by atoms with Gasteiger partial charge in [0, 0.05) is 23.9 Å². The first-order chi connectivity index (χ1) is 2.56. The Kier molecular flexibility index (Phi) is 5.52. The van der Waals surface area contributed by atoms with Crippen LogP contribution in [0.4, 0.5) is 0 Å². The average molecular weight is 231 g/mol. The maximum atomic E-state index is 9.31. The predicted octanol–water partition coefficient (Wildman–Crippen LogP) is -1.56. The van der Waals surface area contributed by atoms with E-state index in [0.717, 1.165) is 0 Å². The maximum Gasteiger partial charge on any atom is 0.289 e. The summed E-state index contributed by atoms with van der Waals surface area (Å²) in [5, 5.41) is 7.56. The molecular weight excluding hydrogens is 227 g/mol. The molecule has 6 heteroatoms. The summed E-state index contributed by atoms with van der Waals surface area (Å²) < 4.78 is 26.2. The van der Waals surface area contributed by atoms with Crippen molar-refractivity contribution < 1.29 is 18.1 Å². The third kappa shape index (κ3) is 10.8. The molecule has 0 aliphatic rings. The Bertz CT molecular complexity index is 114. The molecule has 4 nitrogen and oxygen atoms in total. The van der Waals surface area contributed by atoms with E-state index in [0.29, 0.717) is 0 Å². The van der Waals surface area contributed by atoms with Gasteiger partial charge < -0.3 is 5.11 Å². The van der Waals surface area contributed by atoms with Crippen molar-refractivity contribution >= 4 is 34.0 Å². The van der Waals surface area contributed by atoms with Gasteiger partial charge in [-0.3, -0.25) is 4.55 Å². The molecule has 0 amide bonds. The topological polar surface area (TPSA) is 74.6 Å². The molecule has 42 valence electrons. The summed E-state index contributed by atoms with van der Waals surface area (Å²) in [5.41, 5.74) is 0. The van der Waals surface area contributed by atoms with Crippen molar-refractivity contribution in [3.8, 4) is 0 Å². The number of rotatable bonds is 1. The van der Waals surface area contributed by atoms with E-state index in [1.165, 1.54) is 0 Å². The van der Waals surface area contributed by atoms with Gasteiger partial charge >= 0.3 is 0 Å². The monoisotopic (exact) mass is 232 g/mol. The summed E-state index contributed by atoms with van der Waals surface area (Å²) in [7, 11) is -4.11. The second-order valence-corrected chi connectivity index (χ2v) is 2.13. The van der Waals surface area contributed by atoms with Gasteiger partial charge in [0.15, 0.2) is 5.94 Å². The van der Waals surface area contributed by atoms with Crippen LogP contribution in [0.15, 0.2) is 0 Å². The molecule has 7 heavy (non-hydrogen) atoms. The van der Waals surface area contributed by atoms with Crippen LogP contribution in [0.2, 0.25) is 0 Å². The Labute approximate surface area is 58.2 Å². The van der Waals surface area contributed by atoms with Crippen LogP contribution in [-0.2, 0) is 10.1 Å². The smallest absolute Gasteiger partial charge is 0.289 e. The Morgan fingerprint density at radius 3 is 1.57 bits per heavy atom. The summed E-state index contributed by atoms with van der Waals surface area (Å²) >= 11 is 0. The van der Waals surface area contributed by atoms with Crippen molar-refractivity contribution in [3.63, 3.8) is 0 Å². The normalized spacial score (nSPS) is 10.0. The first kappa shape index (κ1) is 10.6. The molecule has 4 radical (unpaired) electrons. The van der Waals surface area contributed by atoms with E-state index in [1.807, 2.05) is 0 Å². The molecule has 2 N–H and O–H groups in total. The van der Waals surface area contributed by atoms with Gasteiger partial charge in [0.05, 0.1) is 0 Å². The van der Waals surface area contributed by atoms with E-state index < -0.39 is 16.1 Å². The van der Waals surface area contributed by atoms with Gasteiger partial charge in [0.1, 0.15) is 0 Å². The van der Waals surface area contributed by atoms with E-state index in [-0.39, 0.29) is 23.9 Å². The number of hydrogen-bond acceptors (Lipinski definition) is 3. The molecule has 0 fully saturated rings. The van der Waals surface area contributed by atoms with Gasteiger partial charge in [0.2, 0.25) is 0 Å². The molecule has 0 unspecified atom stereocenters. The van der Waals surface area contributed by atoms with E-state index >= 15 is 0 Å². The second-order valence-electron chi connectivity index (χ2n) is 0.711. The van der Waals surface area contributed by atoms with Gasteiger partial charge in [-0.15, -0.1) is 0 Å². The molecule has 0 aromatic rings. The maximum absolute atomic E-state index is 9.31. The Hall–Kier alpha value is 0.669. The SMILES string of the molecule is O=S(=O)(O)CO.[Sn]. The number of hydrogen-bond donors (Lipinski definition) is 2. The van der Waals surface area contributed by atoms with Crippen molar-refractivity contribution in [2.24, 2.45) is 0 Å². The van der Waals surface area contributed by atoms with Crippen molar-refractivity contribution in [1.82, 2.24) is 0 Å². The van der Waals surface area contributed by atoms with Crippen LogP contribution in [-0.4, -0.2) is 47.9 Å². The molecule has 0 aliphatic heterocycles. The fraction of sp³-hybridized carbons (Fsp3) is 1.00. The second kappa shape index (κ2) is 3.64. The molecule has 0 aromatic carbocycles. The quantitative estimate of drug-likeness (QED) is 0.422. The van der Waals surface area contributed by atoms with Crippen LogP contribution < -0.4 is 0 Å². The Morgan fingerprint density at radius 2 is 1.57 bits per heavy atom. The first-order valence-electron chi connectivity index (χ1n) is 1.12. The summed E-state index contributed by atoms with van der Waals surface area (Å²) in [4.78, 5) is 0. The molecule has 0 spiro atoms. The van der Waals surface area contributed by atoms with Gasteiger partial charge in [-0.25, -0.2) is 0 Å². The van der Waals surface area contributed by atoms with E-state index in [1.54, 1.807) is 0 Å². The Balaban J connectivity index is 0.